The van der Waals surface area contributed by atoms with Crippen molar-refractivity contribution in [3.8, 4) is 0 Å². The lowest BCUT2D eigenvalue weighted by atomic mass is 10.0. The highest BCUT2D eigenvalue weighted by atomic mass is 32.2. The predicted octanol–water partition coefficient (Wildman–Crippen LogP) is 0.389. The predicted molar refractivity (Wildman–Crippen MR) is 44.3 cm³/mol. The van der Waals surface area contributed by atoms with E-state index in [1.807, 2.05) is 0 Å². The van der Waals surface area contributed by atoms with Crippen LogP contribution in [-0.4, -0.2) is 34.5 Å². The van der Waals surface area contributed by atoms with E-state index in [0.717, 1.165) is 12.8 Å². The Bertz CT molecular complexity index is 216. The molecular weight excluding hydrogens is 180 g/mol. The van der Waals surface area contributed by atoms with Crippen LogP contribution in [0.4, 0.5) is 0 Å². The molecule has 0 aliphatic carbocycles. The minimum Gasteiger partial charge on any atom is -0.381 e. The fourth-order valence-corrected chi connectivity index (χ4v) is 2.32. The van der Waals surface area contributed by atoms with Gasteiger partial charge in [-0.15, -0.1) is 0 Å². The van der Waals surface area contributed by atoms with Gasteiger partial charge in [0.15, 0.2) is 0 Å². The normalized spacial score (nSPS) is 21.1. The fraction of sp³-hybridized carbons (Fsp3) is 1.00. The lowest BCUT2D eigenvalue weighted by Crippen LogP contribution is -2.23. The maximum atomic E-state index is 11.0. The maximum Gasteiger partial charge on any atom is 0.267 e. The van der Waals surface area contributed by atoms with E-state index in [1.54, 1.807) is 0 Å². The van der Waals surface area contributed by atoms with E-state index in [9.17, 15) is 8.42 Å². The second-order valence-electron chi connectivity index (χ2n) is 2.95. The molecule has 0 radical (unpaired) electrons. The molecule has 72 valence electrons. The van der Waals surface area contributed by atoms with Crippen molar-refractivity contribution in [2.45, 2.75) is 12.8 Å². The summed E-state index contributed by atoms with van der Waals surface area (Å²) < 4.78 is 31.5. The second-order valence-corrected chi connectivity index (χ2v) is 4.73. The van der Waals surface area contributed by atoms with Gasteiger partial charge >= 0.3 is 0 Å². The van der Waals surface area contributed by atoms with Crippen molar-refractivity contribution < 1.29 is 17.3 Å². The first-order chi connectivity index (χ1) is 5.64. The molecule has 4 nitrogen and oxygen atoms in total. The molecule has 1 aliphatic rings. The van der Waals surface area contributed by atoms with Gasteiger partial charge in [-0.2, -0.15) is 8.42 Å². The summed E-state index contributed by atoms with van der Waals surface area (Å²) in [6, 6.07) is 0. The molecule has 1 fully saturated rings. The highest BCUT2D eigenvalue weighted by Crippen LogP contribution is 2.16. The largest absolute Gasteiger partial charge is 0.381 e. The molecule has 0 spiro atoms. The molecule has 0 aromatic carbocycles. The van der Waals surface area contributed by atoms with Crippen LogP contribution in [0.5, 0.6) is 0 Å². The first-order valence-electron chi connectivity index (χ1n) is 4.00. The number of rotatable bonds is 3. The summed E-state index contributed by atoms with van der Waals surface area (Å²) in [6.07, 6.45) is 1.64. The fourth-order valence-electron chi connectivity index (χ4n) is 1.27. The van der Waals surface area contributed by atoms with E-state index in [-0.39, 0.29) is 11.7 Å². The number of ether oxygens (including phenoxy) is 1. The zero-order valence-electron chi connectivity index (χ0n) is 7.15. The third-order valence-electron chi connectivity index (χ3n) is 2.03. The van der Waals surface area contributed by atoms with Crippen molar-refractivity contribution in [1.29, 1.82) is 0 Å². The monoisotopic (exact) mass is 194 g/mol. The van der Waals surface area contributed by atoms with E-state index < -0.39 is 10.1 Å². The molecule has 0 aromatic rings. The van der Waals surface area contributed by atoms with Crippen molar-refractivity contribution in [2.24, 2.45) is 5.92 Å². The molecule has 0 unspecified atom stereocenters. The number of hydrogen-bond donors (Lipinski definition) is 0. The van der Waals surface area contributed by atoms with Gasteiger partial charge in [-0.25, -0.2) is 0 Å². The van der Waals surface area contributed by atoms with E-state index in [1.165, 1.54) is 7.11 Å². The van der Waals surface area contributed by atoms with Gasteiger partial charge in [0.2, 0.25) is 0 Å². The molecule has 0 aromatic heterocycles. The Hall–Kier alpha value is -0.130. The van der Waals surface area contributed by atoms with Gasteiger partial charge in [0, 0.05) is 13.2 Å². The molecule has 0 bridgehead atoms. The lowest BCUT2D eigenvalue weighted by molar-refractivity contribution is 0.0718. The van der Waals surface area contributed by atoms with E-state index in [2.05, 4.69) is 4.18 Å². The van der Waals surface area contributed by atoms with Gasteiger partial charge in [-0.05, 0) is 18.8 Å². The van der Waals surface area contributed by atoms with Crippen molar-refractivity contribution in [1.82, 2.24) is 0 Å². The van der Waals surface area contributed by atoms with Crippen LogP contribution in [0.3, 0.4) is 0 Å². The van der Waals surface area contributed by atoms with Crippen molar-refractivity contribution in [3.63, 3.8) is 0 Å². The third-order valence-corrected chi connectivity index (χ3v) is 3.42. The van der Waals surface area contributed by atoms with E-state index >= 15 is 0 Å². The third kappa shape index (κ3) is 3.08. The average molecular weight is 194 g/mol. The molecule has 12 heavy (non-hydrogen) atoms. The molecule has 1 saturated heterocycles. The van der Waals surface area contributed by atoms with Crippen LogP contribution < -0.4 is 0 Å². The first kappa shape index (κ1) is 9.95. The summed E-state index contributed by atoms with van der Waals surface area (Å²) in [5, 5.41) is 0. The Balaban J connectivity index is 2.39. The van der Waals surface area contributed by atoms with Crippen molar-refractivity contribution >= 4 is 10.1 Å². The highest BCUT2D eigenvalue weighted by molar-refractivity contribution is 7.86. The minimum atomic E-state index is -3.27. The topological polar surface area (TPSA) is 52.6 Å². The molecule has 0 amide bonds. The summed E-state index contributed by atoms with van der Waals surface area (Å²) in [5.74, 6) is 0.344. The molecule has 1 aliphatic heterocycles. The van der Waals surface area contributed by atoms with Crippen LogP contribution >= 0.6 is 0 Å². The summed E-state index contributed by atoms with van der Waals surface area (Å²) in [7, 11) is -2.07. The highest BCUT2D eigenvalue weighted by Gasteiger charge is 2.20. The van der Waals surface area contributed by atoms with Crippen LogP contribution in [0.1, 0.15) is 12.8 Å². The Morgan fingerprint density at radius 3 is 2.50 bits per heavy atom. The van der Waals surface area contributed by atoms with Gasteiger partial charge in [0.25, 0.3) is 10.1 Å². The Kier molecular flexibility index (Phi) is 3.49. The van der Waals surface area contributed by atoms with Crippen molar-refractivity contribution in [3.05, 3.63) is 0 Å². The molecule has 0 atom stereocenters. The van der Waals surface area contributed by atoms with Gasteiger partial charge in [-0.3, -0.25) is 4.18 Å². The molecule has 1 heterocycles. The quantitative estimate of drug-likeness (QED) is 0.610. The SMILES string of the molecule is COS(=O)(=O)CC1CCOCC1. The summed E-state index contributed by atoms with van der Waals surface area (Å²) in [4.78, 5) is 0. The van der Waals surface area contributed by atoms with E-state index in [0.29, 0.717) is 13.2 Å². The standard InChI is InChI=1S/C7H14O4S/c1-10-12(8,9)6-7-2-4-11-5-3-7/h7H,2-6H2,1H3. The van der Waals surface area contributed by atoms with Gasteiger partial charge < -0.3 is 4.74 Å². The molecule has 1 rings (SSSR count). The minimum absolute atomic E-state index is 0.132. The van der Waals surface area contributed by atoms with Crippen LogP contribution in [-0.2, 0) is 19.0 Å². The van der Waals surface area contributed by atoms with Crippen LogP contribution in [0.15, 0.2) is 0 Å². The molecular formula is C7H14O4S. The maximum absolute atomic E-state index is 11.0. The number of hydrogen-bond acceptors (Lipinski definition) is 4. The van der Waals surface area contributed by atoms with Gasteiger partial charge in [0.05, 0.1) is 12.9 Å². The second kappa shape index (κ2) is 4.20. The summed E-state index contributed by atoms with van der Waals surface area (Å²) >= 11 is 0. The lowest BCUT2D eigenvalue weighted by Gasteiger charge is -2.20. The molecule has 0 saturated carbocycles. The first-order valence-corrected chi connectivity index (χ1v) is 5.58. The molecule has 5 heteroatoms. The Labute approximate surface area is 73.0 Å². The summed E-state index contributed by atoms with van der Waals surface area (Å²) in [5.41, 5.74) is 0. The average Bonchev–Trinajstić information content (AvgIpc) is 2.06. The van der Waals surface area contributed by atoms with Crippen LogP contribution in [0.2, 0.25) is 0 Å². The Morgan fingerprint density at radius 1 is 1.42 bits per heavy atom. The van der Waals surface area contributed by atoms with E-state index in [4.69, 9.17) is 4.74 Å². The van der Waals surface area contributed by atoms with Gasteiger partial charge in [-0.1, -0.05) is 0 Å². The zero-order chi connectivity index (χ0) is 9.03. The zero-order valence-corrected chi connectivity index (χ0v) is 7.97. The Morgan fingerprint density at radius 2 is 2.00 bits per heavy atom. The van der Waals surface area contributed by atoms with Gasteiger partial charge in [0.1, 0.15) is 0 Å². The van der Waals surface area contributed by atoms with Crippen LogP contribution in [0, 0.1) is 5.92 Å². The molecule has 0 N–H and O–H groups in total. The van der Waals surface area contributed by atoms with Crippen molar-refractivity contribution in [2.75, 3.05) is 26.1 Å². The van der Waals surface area contributed by atoms with Crippen LogP contribution in [0.25, 0.3) is 0 Å². The smallest absolute Gasteiger partial charge is 0.267 e. The summed E-state index contributed by atoms with van der Waals surface area (Å²) in [6.45, 7) is 1.34.